The minimum Gasteiger partial charge on any atom is -0.312 e. The minimum atomic E-state index is 0.186. The van der Waals surface area contributed by atoms with Crippen molar-refractivity contribution in [1.29, 1.82) is 0 Å². The molecule has 1 aromatic carbocycles. The van der Waals surface area contributed by atoms with Gasteiger partial charge in [-0.25, -0.2) is 0 Å². The first kappa shape index (κ1) is 20.3. The van der Waals surface area contributed by atoms with E-state index in [9.17, 15) is 4.79 Å². The predicted octanol–water partition coefficient (Wildman–Crippen LogP) is 5.56. The second kappa shape index (κ2) is 8.74. The van der Waals surface area contributed by atoms with Gasteiger partial charge in [0.05, 0.1) is 10.0 Å². The molecule has 0 radical (unpaired) electrons. The molecule has 1 aliphatic carbocycles. The second-order valence-electron chi connectivity index (χ2n) is 7.93. The van der Waals surface area contributed by atoms with E-state index in [1.54, 1.807) is 6.07 Å². The highest BCUT2D eigenvalue weighted by Gasteiger charge is 2.29. The van der Waals surface area contributed by atoms with Crippen LogP contribution in [0.2, 0.25) is 10.0 Å². The van der Waals surface area contributed by atoms with Crippen LogP contribution in [0.25, 0.3) is 0 Å². The molecule has 0 aliphatic heterocycles. The molecular weight excluding hydrogens is 381 g/mol. The molecule has 1 aromatic heterocycles. The third-order valence-corrected chi connectivity index (χ3v) is 6.06. The molecule has 1 aliphatic rings. The van der Waals surface area contributed by atoms with Crippen molar-refractivity contribution in [1.82, 2.24) is 14.8 Å². The maximum atomic E-state index is 12.5. The van der Waals surface area contributed by atoms with Gasteiger partial charge in [-0.3, -0.25) is 4.79 Å². The fourth-order valence-corrected chi connectivity index (χ4v) is 3.70. The van der Waals surface area contributed by atoms with Gasteiger partial charge in [0, 0.05) is 31.7 Å². The Morgan fingerprint density at radius 1 is 1.19 bits per heavy atom. The first-order valence-corrected chi connectivity index (χ1v) is 10.5. The van der Waals surface area contributed by atoms with Gasteiger partial charge in [0.25, 0.3) is 0 Å². The highest BCUT2D eigenvalue weighted by molar-refractivity contribution is 6.42. The molecule has 0 saturated heterocycles. The molecule has 0 spiro atoms. The van der Waals surface area contributed by atoms with E-state index in [0.29, 0.717) is 41.3 Å². The molecule has 27 heavy (non-hydrogen) atoms. The van der Waals surface area contributed by atoms with E-state index in [2.05, 4.69) is 28.6 Å². The van der Waals surface area contributed by atoms with Gasteiger partial charge in [0.15, 0.2) is 0 Å². The molecule has 0 amide bonds. The number of aryl methyl sites for hydroxylation is 2. The van der Waals surface area contributed by atoms with Gasteiger partial charge < -0.3 is 4.57 Å². The largest absolute Gasteiger partial charge is 0.312 e. The lowest BCUT2D eigenvalue weighted by atomic mass is 10.0. The summed E-state index contributed by atoms with van der Waals surface area (Å²) in [5, 5.41) is 9.87. The van der Waals surface area contributed by atoms with Crippen molar-refractivity contribution in [3.8, 4) is 0 Å². The zero-order valence-electron chi connectivity index (χ0n) is 16.3. The molecular formula is C21H27Cl2N3O. The van der Waals surface area contributed by atoms with Crippen molar-refractivity contribution in [2.24, 2.45) is 5.92 Å². The van der Waals surface area contributed by atoms with Crippen LogP contribution >= 0.6 is 23.2 Å². The van der Waals surface area contributed by atoms with E-state index in [0.717, 1.165) is 35.6 Å². The van der Waals surface area contributed by atoms with E-state index in [-0.39, 0.29) is 5.78 Å². The molecule has 0 unspecified atom stereocenters. The number of ketones is 1. The third kappa shape index (κ3) is 5.11. The lowest BCUT2D eigenvalue weighted by Gasteiger charge is -2.11. The molecule has 1 heterocycles. The molecule has 3 rings (SSSR count). The summed E-state index contributed by atoms with van der Waals surface area (Å²) in [6, 6.07) is 4.17. The number of Topliss-reactive ketones (excluding diaryl/α,β-unsaturated/α-hetero) is 1. The first-order valence-electron chi connectivity index (χ1n) is 9.74. The molecule has 0 N–H and O–H groups in total. The Labute approximate surface area is 171 Å². The average molecular weight is 408 g/mol. The van der Waals surface area contributed by atoms with Crippen LogP contribution < -0.4 is 0 Å². The van der Waals surface area contributed by atoms with Crippen molar-refractivity contribution in [2.75, 3.05) is 0 Å². The van der Waals surface area contributed by atoms with Gasteiger partial charge in [-0.2, -0.15) is 0 Å². The Kier molecular flexibility index (Phi) is 6.59. The van der Waals surface area contributed by atoms with Crippen LogP contribution in [-0.2, 0) is 24.1 Å². The Morgan fingerprint density at radius 3 is 2.48 bits per heavy atom. The zero-order valence-corrected chi connectivity index (χ0v) is 17.8. The Bertz CT molecular complexity index is 825. The predicted molar refractivity (Wildman–Crippen MR) is 110 cm³/mol. The normalized spacial score (nSPS) is 14.1. The van der Waals surface area contributed by atoms with Crippen LogP contribution in [-0.4, -0.2) is 20.5 Å². The third-order valence-electron chi connectivity index (χ3n) is 5.16. The Balaban J connectivity index is 1.63. The summed E-state index contributed by atoms with van der Waals surface area (Å²) in [7, 11) is 0. The van der Waals surface area contributed by atoms with Gasteiger partial charge in [-0.15, -0.1) is 10.2 Å². The number of hydrogen-bond acceptors (Lipinski definition) is 3. The van der Waals surface area contributed by atoms with Gasteiger partial charge >= 0.3 is 0 Å². The average Bonchev–Trinajstić information content (AvgIpc) is 3.39. The molecule has 6 heteroatoms. The standard InChI is InChI=1S/C21H27Cl2N3O/c1-13(2)4-10-19-24-25-20(26(19)16-6-7-16)11-8-17(27)12-15-5-9-18(22)21(23)14(15)3/h5,9,13,16H,4,6-8,10-12H2,1-3H3. The minimum absolute atomic E-state index is 0.186. The topological polar surface area (TPSA) is 47.8 Å². The van der Waals surface area contributed by atoms with Crippen LogP contribution in [0.15, 0.2) is 12.1 Å². The number of benzene rings is 1. The fraction of sp³-hybridized carbons (Fsp3) is 0.571. The summed E-state index contributed by atoms with van der Waals surface area (Å²) in [4.78, 5) is 12.5. The van der Waals surface area contributed by atoms with Gasteiger partial charge in [-0.05, 0) is 49.3 Å². The summed E-state index contributed by atoms with van der Waals surface area (Å²) in [6.45, 7) is 6.35. The van der Waals surface area contributed by atoms with Crippen LogP contribution in [0, 0.1) is 12.8 Å². The molecule has 1 fully saturated rings. The highest BCUT2D eigenvalue weighted by Crippen LogP contribution is 2.37. The smallest absolute Gasteiger partial charge is 0.137 e. The number of rotatable bonds is 9. The lowest BCUT2D eigenvalue weighted by molar-refractivity contribution is -0.118. The monoisotopic (exact) mass is 407 g/mol. The quantitative estimate of drug-likeness (QED) is 0.546. The van der Waals surface area contributed by atoms with Crippen LogP contribution in [0.1, 0.15) is 68.3 Å². The number of carbonyl (C=O) groups excluding carboxylic acids is 1. The van der Waals surface area contributed by atoms with Gasteiger partial charge in [-0.1, -0.05) is 43.1 Å². The van der Waals surface area contributed by atoms with Gasteiger partial charge in [0.2, 0.25) is 0 Å². The number of aromatic nitrogens is 3. The van der Waals surface area contributed by atoms with Crippen molar-refractivity contribution in [2.45, 2.75) is 71.8 Å². The zero-order chi connectivity index (χ0) is 19.6. The van der Waals surface area contributed by atoms with E-state index >= 15 is 0 Å². The Morgan fingerprint density at radius 2 is 1.85 bits per heavy atom. The van der Waals surface area contributed by atoms with Crippen molar-refractivity contribution in [3.63, 3.8) is 0 Å². The first-order chi connectivity index (χ1) is 12.9. The van der Waals surface area contributed by atoms with Crippen molar-refractivity contribution in [3.05, 3.63) is 45.0 Å². The number of hydrogen-bond donors (Lipinski definition) is 0. The summed E-state index contributed by atoms with van der Waals surface area (Å²) >= 11 is 12.2. The summed E-state index contributed by atoms with van der Waals surface area (Å²) in [6.07, 6.45) is 5.93. The summed E-state index contributed by atoms with van der Waals surface area (Å²) in [5.41, 5.74) is 1.82. The van der Waals surface area contributed by atoms with Crippen LogP contribution in [0.5, 0.6) is 0 Å². The molecule has 2 aromatic rings. The van der Waals surface area contributed by atoms with E-state index < -0.39 is 0 Å². The highest BCUT2D eigenvalue weighted by atomic mass is 35.5. The number of nitrogens with zero attached hydrogens (tertiary/aromatic N) is 3. The SMILES string of the molecule is Cc1c(CC(=O)CCc2nnc(CCC(C)C)n2C2CC2)ccc(Cl)c1Cl. The molecule has 146 valence electrons. The summed E-state index contributed by atoms with van der Waals surface area (Å²) in [5.74, 6) is 2.86. The molecule has 4 nitrogen and oxygen atoms in total. The van der Waals surface area contributed by atoms with E-state index in [4.69, 9.17) is 23.2 Å². The van der Waals surface area contributed by atoms with Crippen molar-refractivity contribution >= 4 is 29.0 Å². The fourth-order valence-electron chi connectivity index (χ4n) is 3.31. The van der Waals surface area contributed by atoms with E-state index in [1.807, 2.05) is 13.0 Å². The number of halogens is 2. The molecule has 0 bridgehead atoms. The second-order valence-corrected chi connectivity index (χ2v) is 8.71. The van der Waals surface area contributed by atoms with Crippen LogP contribution in [0.4, 0.5) is 0 Å². The van der Waals surface area contributed by atoms with E-state index in [1.165, 1.54) is 12.8 Å². The van der Waals surface area contributed by atoms with Crippen LogP contribution in [0.3, 0.4) is 0 Å². The Hall–Kier alpha value is -1.39. The van der Waals surface area contributed by atoms with Gasteiger partial charge in [0.1, 0.15) is 17.4 Å². The van der Waals surface area contributed by atoms with Crippen molar-refractivity contribution < 1.29 is 4.79 Å². The maximum absolute atomic E-state index is 12.5. The summed E-state index contributed by atoms with van der Waals surface area (Å²) < 4.78 is 2.29. The molecule has 1 saturated carbocycles. The lowest BCUT2D eigenvalue weighted by Crippen LogP contribution is -2.11. The number of carbonyl (C=O) groups is 1. The molecule has 0 atom stereocenters. The maximum Gasteiger partial charge on any atom is 0.137 e.